The molecule has 7 nitrogen and oxygen atoms in total. The first kappa shape index (κ1) is 16.2. The first-order chi connectivity index (χ1) is 11.5. The lowest BCUT2D eigenvalue weighted by Crippen LogP contribution is -2.25. The number of hydrogen-bond acceptors (Lipinski definition) is 5. The van der Waals surface area contributed by atoms with Gasteiger partial charge in [-0.05, 0) is 30.2 Å². The second kappa shape index (κ2) is 6.81. The molecule has 24 heavy (non-hydrogen) atoms. The molecule has 0 saturated heterocycles. The molecule has 0 atom stereocenters. The molecule has 0 fully saturated rings. The van der Waals surface area contributed by atoms with Gasteiger partial charge in [-0.3, -0.25) is 4.79 Å². The van der Waals surface area contributed by atoms with Gasteiger partial charge in [0.2, 0.25) is 5.09 Å². The second-order valence-corrected chi connectivity index (χ2v) is 6.76. The predicted octanol–water partition coefficient (Wildman–Crippen LogP) is 1.55. The minimum Gasteiger partial charge on any atom is -0.442 e. The summed E-state index contributed by atoms with van der Waals surface area (Å²) in [5, 5.41) is 5.87. The highest BCUT2D eigenvalue weighted by molar-refractivity contribution is 7.89. The highest BCUT2D eigenvalue weighted by atomic mass is 32.2. The van der Waals surface area contributed by atoms with Crippen LogP contribution in [0.2, 0.25) is 0 Å². The summed E-state index contributed by atoms with van der Waals surface area (Å²) in [4.78, 5) is 11.0. The molecule has 3 aromatic rings. The lowest BCUT2D eigenvalue weighted by Gasteiger charge is -2.04. The minimum atomic E-state index is -3.74. The quantitative estimate of drug-likeness (QED) is 0.705. The van der Waals surface area contributed by atoms with Gasteiger partial charge in [0.15, 0.2) is 5.76 Å². The van der Waals surface area contributed by atoms with Gasteiger partial charge in [0, 0.05) is 12.6 Å². The van der Waals surface area contributed by atoms with Gasteiger partial charge in [0.05, 0.1) is 0 Å². The smallest absolute Gasteiger partial charge is 0.273 e. The summed E-state index contributed by atoms with van der Waals surface area (Å²) >= 11 is 0. The summed E-state index contributed by atoms with van der Waals surface area (Å²) in [7, 11) is -3.74. The van der Waals surface area contributed by atoms with Gasteiger partial charge >= 0.3 is 0 Å². The summed E-state index contributed by atoms with van der Waals surface area (Å²) in [5.74, 6) is 0.259. The van der Waals surface area contributed by atoms with Gasteiger partial charge in [0.25, 0.3) is 15.6 Å². The lowest BCUT2D eigenvalue weighted by molar-refractivity contribution is 0.454. The molecule has 2 aromatic heterocycles. The van der Waals surface area contributed by atoms with E-state index in [-0.39, 0.29) is 23.0 Å². The number of nitrogens with one attached hydrogen (secondary N) is 2. The standard InChI is InChI=1S/C16H15N3O4S/c20-15-8-6-13(18-19-15)14-7-9-16(23-14)24(21,22)17-11-10-12-4-2-1-3-5-12/h1-9,17H,10-11H2,(H,19,20). The molecule has 0 saturated carbocycles. The lowest BCUT2D eigenvalue weighted by atomic mass is 10.2. The average molecular weight is 345 g/mol. The third-order valence-corrected chi connectivity index (χ3v) is 4.66. The van der Waals surface area contributed by atoms with Crippen LogP contribution in [0, 0.1) is 0 Å². The van der Waals surface area contributed by atoms with Crippen LogP contribution in [0.15, 0.2) is 68.9 Å². The molecule has 0 radical (unpaired) electrons. The highest BCUT2D eigenvalue weighted by Gasteiger charge is 2.19. The summed E-state index contributed by atoms with van der Waals surface area (Å²) in [6.45, 7) is 0.263. The molecule has 0 bridgehead atoms. The zero-order chi connectivity index (χ0) is 17.0. The van der Waals surface area contributed by atoms with Crippen molar-refractivity contribution in [2.24, 2.45) is 0 Å². The number of nitrogens with zero attached hydrogens (tertiary/aromatic N) is 1. The van der Waals surface area contributed by atoms with E-state index >= 15 is 0 Å². The Kier molecular flexibility index (Phi) is 4.59. The maximum absolute atomic E-state index is 12.2. The van der Waals surface area contributed by atoms with Crippen molar-refractivity contribution in [3.05, 3.63) is 70.5 Å². The van der Waals surface area contributed by atoms with E-state index in [4.69, 9.17) is 4.42 Å². The van der Waals surface area contributed by atoms with E-state index < -0.39 is 10.0 Å². The van der Waals surface area contributed by atoms with Crippen LogP contribution in [0.5, 0.6) is 0 Å². The van der Waals surface area contributed by atoms with Crippen molar-refractivity contribution in [2.75, 3.05) is 6.54 Å². The molecule has 0 aliphatic heterocycles. The molecule has 0 aliphatic rings. The van der Waals surface area contributed by atoms with Crippen LogP contribution in [0.25, 0.3) is 11.5 Å². The molecular weight excluding hydrogens is 330 g/mol. The number of rotatable bonds is 6. The molecule has 8 heteroatoms. The number of sulfonamides is 1. The van der Waals surface area contributed by atoms with Crippen LogP contribution in [0.4, 0.5) is 0 Å². The Morgan fingerprint density at radius 3 is 2.54 bits per heavy atom. The molecule has 2 heterocycles. The van der Waals surface area contributed by atoms with Gasteiger partial charge in [-0.15, -0.1) is 0 Å². The number of hydrogen-bond donors (Lipinski definition) is 2. The zero-order valence-corrected chi connectivity index (χ0v) is 13.4. The van der Waals surface area contributed by atoms with Crippen LogP contribution in [-0.2, 0) is 16.4 Å². The first-order valence-corrected chi connectivity index (χ1v) is 8.72. The van der Waals surface area contributed by atoms with Crippen molar-refractivity contribution in [1.82, 2.24) is 14.9 Å². The van der Waals surface area contributed by atoms with E-state index in [0.29, 0.717) is 12.1 Å². The maximum atomic E-state index is 12.2. The SMILES string of the molecule is O=c1ccc(-c2ccc(S(=O)(=O)NCCc3ccccc3)o2)n[nH]1. The van der Waals surface area contributed by atoms with E-state index in [2.05, 4.69) is 14.9 Å². The average Bonchev–Trinajstić information content (AvgIpc) is 3.07. The van der Waals surface area contributed by atoms with Crippen LogP contribution in [-0.4, -0.2) is 25.2 Å². The Balaban J connectivity index is 1.69. The fourth-order valence-electron chi connectivity index (χ4n) is 2.13. The largest absolute Gasteiger partial charge is 0.442 e. The van der Waals surface area contributed by atoms with E-state index in [1.807, 2.05) is 30.3 Å². The Bertz CT molecular complexity index is 957. The van der Waals surface area contributed by atoms with Crippen molar-refractivity contribution in [2.45, 2.75) is 11.5 Å². The minimum absolute atomic E-state index is 0.196. The fraction of sp³-hybridized carbons (Fsp3) is 0.125. The number of aromatic nitrogens is 2. The number of benzene rings is 1. The Morgan fingerprint density at radius 2 is 1.83 bits per heavy atom. The molecule has 0 amide bonds. The van der Waals surface area contributed by atoms with Crippen LogP contribution >= 0.6 is 0 Å². The van der Waals surface area contributed by atoms with Gasteiger partial charge in [-0.25, -0.2) is 18.2 Å². The molecule has 3 rings (SSSR count). The third-order valence-electron chi connectivity index (χ3n) is 3.33. The maximum Gasteiger partial charge on any atom is 0.273 e. The predicted molar refractivity (Wildman–Crippen MR) is 87.9 cm³/mol. The van der Waals surface area contributed by atoms with Crippen LogP contribution in [0.3, 0.4) is 0 Å². The van der Waals surface area contributed by atoms with E-state index in [9.17, 15) is 13.2 Å². The second-order valence-electron chi connectivity index (χ2n) is 5.06. The molecule has 124 valence electrons. The molecule has 2 N–H and O–H groups in total. The van der Waals surface area contributed by atoms with Crippen molar-refractivity contribution >= 4 is 10.0 Å². The molecule has 0 unspecified atom stereocenters. The summed E-state index contributed by atoms with van der Waals surface area (Å²) in [6, 6.07) is 15.2. The van der Waals surface area contributed by atoms with Gasteiger partial charge in [-0.1, -0.05) is 30.3 Å². The molecular formula is C16H15N3O4S. The topological polar surface area (TPSA) is 105 Å². The first-order valence-electron chi connectivity index (χ1n) is 7.24. The Labute approximate surface area is 138 Å². The van der Waals surface area contributed by atoms with Gasteiger partial charge in [-0.2, -0.15) is 5.10 Å². The van der Waals surface area contributed by atoms with Crippen molar-refractivity contribution in [1.29, 1.82) is 0 Å². The number of aromatic amines is 1. The normalized spacial score (nSPS) is 11.5. The molecule has 1 aromatic carbocycles. The molecule has 0 spiro atoms. The fourth-order valence-corrected chi connectivity index (χ4v) is 3.09. The molecule has 0 aliphatic carbocycles. The Hall–Kier alpha value is -2.71. The van der Waals surface area contributed by atoms with Crippen molar-refractivity contribution in [3.8, 4) is 11.5 Å². The number of furan rings is 1. The summed E-state index contributed by atoms with van der Waals surface area (Å²) < 4.78 is 32.3. The van der Waals surface area contributed by atoms with Crippen molar-refractivity contribution < 1.29 is 12.8 Å². The third kappa shape index (κ3) is 3.79. The monoisotopic (exact) mass is 345 g/mol. The van der Waals surface area contributed by atoms with E-state index in [1.165, 1.54) is 24.3 Å². The summed E-state index contributed by atoms with van der Waals surface area (Å²) in [5.41, 5.74) is 1.04. The van der Waals surface area contributed by atoms with Crippen molar-refractivity contribution in [3.63, 3.8) is 0 Å². The number of H-pyrrole nitrogens is 1. The van der Waals surface area contributed by atoms with Gasteiger partial charge < -0.3 is 4.42 Å². The Morgan fingerprint density at radius 1 is 1.04 bits per heavy atom. The van der Waals surface area contributed by atoms with Gasteiger partial charge in [0.1, 0.15) is 5.69 Å². The van der Waals surface area contributed by atoms with Crippen LogP contribution in [0.1, 0.15) is 5.56 Å². The summed E-state index contributed by atoms with van der Waals surface area (Å²) in [6.07, 6.45) is 0.578. The van der Waals surface area contributed by atoms with E-state index in [0.717, 1.165) is 5.56 Å². The highest BCUT2D eigenvalue weighted by Crippen LogP contribution is 2.21. The zero-order valence-electron chi connectivity index (χ0n) is 12.6. The van der Waals surface area contributed by atoms with Crippen LogP contribution < -0.4 is 10.3 Å². The van der Waals surface area contributed by atoms with E-state index in [1.54, 1.807) is 0 Å².